The Morgan fingerprint density at radius 3 is 2.30 bits per heavy atom. The molecule has 1 atom stereocenters. The molecule has 112 valence electrons. The van der Waals surface area contributed by atoms with E-state index < -0.39 is 0 Å². The van der Waals surface area contributed by atoms with Gasteiger partial charge < -0.3 is 10.1 Å². The molecule has 3 nitrogen and oxygen atoms in total. The molecule has 0 aromatic heterocycles. The van der Waals surface area contributed by atoms with Crippen LogP contribution in [0.3, 0.4) is 0 Å². The molecular formula is C16H24ClNO2. The zero-order valence-corrected chi connectivity index (χ0v) is 13.2. The monoisotopic (exact) mass is 297 g/mol. The minimum Gasteiger partial charge on any atom is -0.494 e. The van der Waals surface area contributed by atoms with Gasteiger partial charge in [0.1, 0.15) is 5.75 Å². The van der Waals surface area contributed by atoms with Crippen LogP contribution in [0.5, 0.6) is 5.75 Å². The Morgan fingerprint density at radius 2 is 1.80 bits per heavy atom. The first-order chi connectivity index (χ1) is 9.62. The molecule has 1 rings (SSSR count). The van der Waals surface area contributed by atoms with Gasteiger partial charge in [-0.25, -0.2) is 0 Å². The first kappa shape index (κ1) is 16.8. The van der Waals surface area contributed by atoms with Crippen LogP contribution in [0.15, 0.2) is 24.3 Å². The molecule has 0 saturated heterocycles. The maximum atomic E-state index is 12.0. The van der Waals surface area contributed by atoms with Crippen molar-refractivity contribution < 1.29 is 9.53 Å². The number of nitrogens with one attached hydrogen (secondary N) is 1. The van der Waals surface area contributed by atoms with Crippen molar-refractivity contribution >= 4 is 17.5 Å². The highest BCUT2D eigenvalue weighted by Gasteiger charge is 2.16. The van der Waals surface area contributed by atoms with Crippen molar-refractivity contribution in [3.8, 4) is 5.75 Å². The molecule has 20 heavy (non-hydrogen) atoms. The topological polar surface area (TPSA) is 38.3 Å². The second-order valence-electron chi connectivity index (χ2n) is 4.76. The van der Waals surface area contributed by atoms with Gasteiger partial charge >= 0.3 is 0 Å². The van der Waals surface area contributed by atoms with Crippen molar-refractivity contribution in [3.05, 3.63) is 29.8 Å². The molecule has 1 unspecified atom stereocenters. The fourth-order valence-corrected chi connectivity index (χ4v) is 2.56. The van der Waals surface area contributed by atoms with Gasteiger partial charge in [-0.2, -0.15) is 0 Å². The van der Waals surface area contributed by atoms with Crippen LogP contribution in [-0.2, 0) is 0 Å². The van der Waals surface area contributed by atoms with Crippen molar-refractivity contribution in [2.24, 2.45) is 5.92 Å². The van der Waals surface area contributed by atoms with Gasteiger partial charge in [0.25, 0.3) is 5.91 Å². The quantitative estimate of drug-likeness (QED) is 0.740. The van der Waals surface area contributed by atoms with Crippen LogP contribution in [0.2, 0.25) is 0 Å². The van der Waals surface area contributed by atoms with Crippen LogP contribution in [0, 0.1) is 5.92 Å². The summed E-state index contributed by atoms with van der Waals surface area (Å²) in [5.41, 5.74) is 0.627. The van der Waals surface area contributed by atoms with Crippen LogP contribution in [-0.4, -0.2) is 24.4 Å². The van der Waals surface area contributed by atoms with Gasteiger partial charge in [0.2, 0.25) is 0 Å². The Morgan fingerprint density at radius 1 is 1.20 bits per heavy atom. The standard InChI is InChI=1S/C16H24ClNO2/c1-4-12(5-2)15(17)11-18-16(19)13-7-9-14(10-8-13)20-6-3/h7-10,12,15H,4-6,11H2,1-3H3,(H,18,19). The van der Waals surface area contributed by atoms with Crippen molar-refractivity contribution in [1.82, 2.24) is 5.32 Å². The predicted molar refractivity (Wildman–Crippen MR) is 83.7 cm³/mol. The lowest BCUT2D eigenvalue weighted by atomic mass is 9.99. The van der Waals surface area contributed by atoms with E-state index in [1.54, 1.807) is 24.3 Å². The smallest absolute Gasteiger partial charge is 0.251 e. The third-order valence-corrected chi connectivity index (χ3v) is 3.96. The summed E-state index contributed by atoms with van der Waals surface area (Å²) in [6.07, 6.45) is 2.06. The zero-order chi connectivity index (χ0) is 15.0. The normalized spacial score (nSPS) is 12.2. The largest absolute Gasteiger partial charge is 0.494 e. The number of rotatable bonds is 8. The summed E-state index contributed by atoms with van der Waals surface area (Å²) in [6.45, 7) is 7.30. The van der Waals surface area contributed by atoms with Crippen LogP contribution in [0.1, 0.15) is 44.0 Å². The van der Waals surface area contributed by atoms with Gasteiger partial charge in [-0.05, 0) is 37.1 Å². The number of benzene rings is 1. The second kappa shape index (κ2) is 8.85. The average Bonchev–Trinajstić information content (AvgIpc) is 2.47. The number of ether oxygens (including phenoxy) is 1. The molecule has 0 heterocycles. The van der Waals surface area contributed by atoms with Crippen LogP contribution >= 0.6 is 11.6 Å². The van der Waals surface area contributed by atoms with E-state index in [1.165, 1.54) is 0 Å². The van der Waals surface area contributed by atoms with Crippen LogP contribution in [0.25, 0.3) is 0 Å². The number of carbonyl (C=O) groups is 1. The zero-order valence-electron chi connectivity index (χ0n) is 12.5. The van der Waals surface area contributed by atoms with Crippen molar-refractivity contribution in [2.75, 3.05) is 13.2 Å². The first-order valence-electron chi connectivity index (χ1n) is 7.27. The molecule has 1 amide bonds. The lowest BCUT2D eigenvalue weighted by Crippen LogP contribution is -2.33. The summed E-state index contributed by atoms with van der Waals surface area (Å²) in [7, 11) is 0. The van der Waals surface area contributed by atoms with E-state index in [0.29, 0.717) is 24.6 Å². The number of halogens is 1. The summed E-state index contributed by atoms with van der Waals surface area (Å²) >= 11 is 6.31. The van der Waals surface area contributed by atoms with Crippen molar-refractivity contribution in [1.29, 1.82) is 0 Å². The van der Waals surface area contributed by atoms with E-state index in [-0.39, 0.29) is 11.3 Å². The Labute approximate surface area is 126 Å². The molecule has 0 aliphatic rings. The SMILES string of the molecule is CCOc1ccc(C(=O)NCC(Cl)C(CC)CC)cc1. The second-order valence-corrected chi connectivity index (χ2v) is 5.32. The van der Waals surface area contributed by atoms with E-state index in [4.69, 9.17) is 16.3 Å². The number of hydrogen-bond acceptors (Lipinski definition) is 2. The lowest BCUT2D eigenvalue weighted by molar-refractivity contribution is 0.0951. The highest BCUT2D eigenvalue weighted by Crippen LogP contribution is 2.18. The van der Waals surface area contributed by atoms with Crippen LogP contribution in [0.4, 0.5) is 0 Å². The summed E-state index contributed by atoms with van der Waals surface area (Å²) < 4.78 is 5.35. The summed E-state index contributed by atoms with van der Waals surface area (Å²) in [6, 6.07) is 7.14. The van der Waals surface area contributed by atoms with Gasteiger partial charge in [0.15, 0.2) is 0 Å². The van der Waals surface area contributed by atoms with E-state index in [1.807, 2.05) is 6.92 Å². The molecule has 0 fully saturated rings. The minimum atomic E-state index is -0.0929. The molecule has 0 aliphatic carbocycles. The molecule has 4 heteroatoms. The Kier molecular flexibility index (Phi) is 7.45. The molecule has 0 saturated carbocycles. The van der Waals surface area contributed by atoms with Gasteiger partial charge in [0.05, 0.1) is 12.0 Å². The molecular weight excluding hydrogens is 274 g/mol. The van der Waals surface area contributed by atoms with Gasteiger partial charge in [-0.1, -0.05) is 26.7 Å². The number of amides is 1. The number of hydrogen-bond donors (Lipinski definition) is 1. The molecule has 1 aromatic carbocycles. The van der Waals surface area contributed by atoms with E-state index in [0.717, 1.165) is 18.6 Å². The minimum absolute atomic E-state index is 0.0170. The summed E-state index contributed by atoms with van der Waals surface area (Å²) in [4.78, 5) is 12.0. The van der Waals surface area contributed by atoms with Gasteiger partial charge in [0, 0.05) is 12.1 Å². The molecule has 0 radical (unpaired) electrons. The van der Waals surface area contributed by atoms with Crippen molar-refractivity contribution in [2.45, 2.75) is 39.0 Å². The Balaban J connectivity index is 2.50. The van der Waals surface area contributed by atoms with Gasteiger partial charge in [-0.15, -0.1) is 11.6 Å². The van der Waals surface area contributed by atoms with E-state index >= 15 is 0 Å². The summed E-state index contributed by atoms with van der Waals surface area (Å²) in [5, 5.41) is 2.87. The molecule has 0 spiro atoms. The molecule has 1 N–H and O–H groups in total. The maximum Gasteiger partial charge on any atom is 0.251 e. The third kappa shape index (κ3) is 5.04. The Hall–Kier alpha value is -1.22. The Bertz CT molecular complexity index is 401. The molecule has 0 bridgehead atoms. The third-order valence-electron chi connectivity index (χ3n) is 3.45. The fourth-order valence-electron chi connectivity index (χ4n) is 2.13. The number of carbonyl (C=O) groups excluding carboxylic acids is 1. The first-order valence-corrected chi connectivity index (χ1v) is 7.71. The number of alkyl halides is 1. The molecule has 1 aromatic rings. The van der Waals surface area contributed by atoms with Gasteiger partial charge in [-0.3, -0.25) is 4.79 Å². The maximum absolute atomic E-state index is 12.0. The highest BCUT2D eigenvalue weighted by atomic mass is 35.5. The highest BCUT2D eigenvalue weighted by molar-refractivity contribution is 6.21. The lowest BCUT2D eigenvalue weighted by Gasteiger charge is -2.19. The average molecular weight is 298 g/mol. The predicted octanol–water partition coefficient (Wildman–Crippen LogP) is 3.86. The van der Waals surface area contributed by atoms with E-state index in [9.17, 15) is 4.79 Å². The molecule has 0 aliphatic heterocycles. The van der Waals surface area contributed by atoms with E-state index in [2.05, 4.69) is 19.2 Å². The fraction of sp³-hybridized carbons (Fsp3) is 0.562. The summed E-state index contributed by atoms with van der Waals surface area (Å²) in [5.74, 6) is 1.12. The van der Waals surface area contributed by atoms with Crippen LogP contribution < -0.4 is 10.1 Å². The van der Waals surface area contributed by atoms with Crippen molar-refractivity contribution in [3.63, 3.8) is 0 Å².